The van der Waals surface area contributed by atoms with Crippen LogP contribution < -0.4 is 0 Å². The third kappa shape index (κ3) is 3.26. The minimum atomic E-state index is -1.79. The van der Waals surface area contributed by atoms with E-state index < -0.39 is 48.1 Å². The predicted molar refractivity (Wildman–Crippen MR) is 90.6 cm³/mol. The summed E-state index contributed by atoms with van der Waals surface area (Å²) >= 11 is 0. The highest BCUT2D eigenvalue weighted by atomic mass is 16.6. The highest BCUT2D eigenvalue weighted by Gasteiger charge is 2.54. The Bertz CT molecular complexity index is 633. The van der Waals surface area contributed by atoms with Crippen LogP contribution in [0, 0.1) is 5.41 Å². The minimum Gasteiger partial charge on any atom is -0.440 e. The zero-order chi connectivity index (χ0) is 20.8. The molecule has 3 rings (SSSR count). The van der Waals surface area contributed by atoms with Crippen LogP contribution in [-0.4, -0.2) is 109 Å². The molecule has 1 saturated carbocycles. The van der Waals surface area contributed by atoms with Crippen LogP contribution in [0.1, 0.15) is 26.2 Å². The summed E-state index contributed by atoms with van der Waals surface area (Å²) in [6.45, 7) is 2.31. The van der Waals surface area contributed by atoms with E-state index in [-0.39, 0.29) is 44.2 Å². The fourth-order valence-electron chi connectivity index (χ4n) is 4.22. The fourth-order valence-corrected chi connectivity index (χ4v) is 4.22. The first kappa shape index (κ1) is 20.9. The van der Waals surface area contributed by atoms with E-state index >= 15 is 0 Å². The van der Waals surface area contributed by atoms with Crippen LogP contribution in [-0.2, 0) is 14.3 Å². The summed E-state index contributed by atoms with van der Waals surface area (Å²) in [4.78, 5) is 39.4. The molecule has 2 aliphatic heterocycles. The summed E-state index contributed by atoms with van der Waals surface area (Å²) in [5, 5.41) is 48.9. The molecule has 0 bridgehead atoms. The van der Waals surface area contributed by atoms with Crippen molar-refractivity contribution in [2.24, 2.45) is 5.41 Å². The Hall–Kier alpha value is -1.79. The molecule has 3 amide bonds. The third-order valence-electron chi connectivity index (χ3n) is 6.09. The summed E-state index contributed by atoms with van der Waals surface area (Å²) in [6, 6.07) is 0. The summed E-state index contributed by atoms with van der Waals surface area (Å²) in [5.74, 6) is -0.454. The zero-order valence-corrected chi connectivity index (χ0v) is 15.5. The summed E-state index contributed by atoms with van der Waals surface area (Å²) in [7, 11) is 0. The molecule has 5 N–H and O–H groups in total. The summed E-state index contributed by atoms with van der Waals surface area (Å²) < 4.78 is 5.08. The number of likely N-dealkylation sites (tertiary alicyclic amines) is 2. The van der Waals surface area contributed by atoms with Gasteiger partial charge in [-0.3, -0.25) is 14.5 Å². The maximum Gasteiger partial charge on any atom is 0.410 e. The van der Waals surface area contributed by atoms with Gasteiger partial charge in [0.1, 0.15) is 30.5 Å². The van der Waals surface area contributed by atoms with Crippen molar-refractivity contribution in [3.05, 3.63) is 0 Å². The van der Waals surface area contributed by atoms with Gasteiger partial charge < -0.3 is 35.2 Å². The highest BCUT2D eigenvalue weighted by molar-refractivity contribution is 6.06. The van der Waals surface area contributed by atoms with Crippen LogP contribution in [0.25, 0.3) is 0 Å². The third-order valence-corrected chi connectivity index (χ3v) is 6.09. The molecular formula is C17H26N2O9. The highest BCUT2D eigenvalue weighted by Crippen LogP contribution is 2.42. The minimum absolute atomic E-state index is 0.110. The fraction of sp³-hybridized carbons (Fsp3) is 0.824. The van der Waals surface area contributed by atoms with Gasteiger partial charge in [-0.1, -0.05) is 0 Å². The van der Waals surface area contributed by atoms with E-state index in [1.165, 1.54) is 9.80 Å². The number of aliphatic hydroxyl groups excluding tert-OH is 5. The van der Waals surface area contributed by atoms with Crippen LogP contribution in [0.3, 0.4) is 0 Å². The molecule has 5 unspecified atom stereocenters. The molecule has 0 radical (unpaired) electrons. The van der Waals surface area contributed by atoms with E-state index in [2.05, 4.69) is 0 Å². The average Bonchev–Trinajstić information content (AvgIpc) is 2.91. The Balaban J connectivity index is 1.62. The monoisotopic (exact) mass is 402 g/mol. The number of rotatable bonds is 2. The van der Waals surface area contributed by atoms with Crippen LogP contribution in [0.4, 0.5) is 4.79 Å². The maximum atomic E-state index is 12.5. The number of aliphatic hydroxyl groups is 5. The average molecular weight is 402 g/mol. The first-order valence-corrected chi connectivity index (χ1v) is 9.33. The molecule has 3 fully saturated rings. The van der Waals surface area contributed by atoms with Crippen LogP contribution in [0.15, 0.2) is 0 Å². The van der Waals surface area contributed by atoms with Gasteiger partial charge in [-0.05, 0) is 19.8 Å². The molecule has 0 aromatic rings. The van der Waals surface area contributed by atoms with Gasteiger partial charge in [-0.15, -0.1) is 0 Å². The number of nitrogens with zero attached hydrogens (tertiary/aromatic N) is 2. The molecule has 11 nitrogen and oxygen atoms in total. The van der Waals surface area contributed by atoms with Gasteiger partial charge in [0.15, 0.2) is 6.10 Å². The second-order valence-electron chi connectivity index (χ2n) is 7.69. The Labute approximate surface area is 161 Å². The largest absolute Gasteiger partial charge is 0.440 e. The number of amides is 3. The molecular weight excluding hydrogens is 376 g/mol. The topological polar surface area (TPSA) is 168 Å². The van der Waals surface area contributed by atoms with Crippen molar-refractivity contribution >= 4 is 17.9 Å². The van der Waals surface area contributed by atoms with Crippen molar-refractivity contribution in [2.75, 3.05) is 19.6 Å². The number of imide groups is 1. The van der Waals surface area contributed by atoms with Crippen molar-refractivity contribution in [3.63, 3.8) is 0 Å². The maximum absolute atomic E-state index is 12.5. The molecule has 0 aromatic carbocycles. The Kier molecular flexibility index (Phi) is 5.65. The second kappa shape index (κ2) is 7.56. The van der Waals surface area contributed by atoms with Crippen molar-refractivity contribution < 1.29 is 44.7 Å². The normalized spacial score (nSPS) is 38.2. The number of piperidine rings is 1. The predicted octanol–water partition coefficient (Wildman–Crippen LogP) is -2.83. The van der Waals surface area contributed by atoms with Crippen LogP contribution in [0.5, 0.6) is 0 Å². The Morgan fingerprint density at radius 3 is 1.96 bits per heavy atom. The summed E-state index contributed by atoms with van der Waals surface area (Å²) in [6.07, 6.45) is -10.8. The van der Waals surface area contributed by atoms with E-state index in [0.717, 1.165) is 0 Å². The van der Waals surface area contributed by atoms with Crippen LogP contribution in [0.2, 0.25) is 0 Å². The Morgan fingerprint density at radius 2 is 1.50 bits per heavy atom. The number of carbonyl (C=O) groups is 3. The molecule has 0 aromatic heterocycles. The van der Waals surface area contributed by atoms with Gasteiger partial charge in [0.05, 0.1) is 5.41 Å². The van der Waals surface area contributed by atoms with Gasteiger partial charge in [0.2, 0.25) is 11.8 Å². The molecule has 2 heterocycles. The molecule has 2 saturated heterocycles. The number of carbonyl (C=O) groups excluding carboxylic acids is 3. The van der Waals surface area contributed by atoms with E-state index in [0.29, 0.717) is 6.54 Å². The van der Waals surface area contributed by atoms with Crippen molar-refractivity contribution in [1.29, 1.82) is 0 Å². The standard InChI is InChI=1S/C17H26N2O9/c1-2-19-8(20)7-17(15(19)26)3-5-18(6-4-17)16(27)28-14-12(24)10(22)9(21)11(23)13(14)25/h9-14,21-25H,2-7H2,1H3/t9?,10?,11?,12-,13?,14?/m1/s1. The van der Waals surface area contributed by atoms with E-state index in [4.69, 9.17) is 4.74 Å². The van der Waals surface area contributed by atoms with E-state index in [1.54, 1.807) is 6.92 Å². The number of hydrogen-bond donors (Lipinski definition) is 5. The summed E-state index contributed by atoms with van der Waals surface area (Å²) in [5.41, 5.74) is -0.815. The van der Waals surface area contributed by atoms with Gasteiger partial charge in [-0.2, -0.15) is 0 Å². The van der Waals surface area contributed by atoms with E-state index in [9.17, 15) is 39.9 Å². The SMILES string of the molecule is CCN1C(=O)CC2(CCN(C(=O)OC3C(O)C(O)C(O)C(O)[C@H]3O)CC2)C1=O. The van der Waals surface area contributed by atoms with Crippen molar-refractivity contribution in [2.45, 2.75) is 62.8 Å². The lowest BCUT2D eigenvalue weighted by atomic mass is 9.77. The van der Waals surface area contributed by atoms with Gasteiger partial charge in [-0.25, -0.2) is 4.79 Å². The molecule has 11 heteroatoms. The van der Waals surface area contributed by atoms with E-state index in [1.807, 2.05) is 0 Å². The lowest BCUT2D eigenvalue weighted by Crippen LogP contribution is -2.65. The zero-order valence-electron chi connectivity index (χ0n) is 15.5. The van der Waals surface area contributed by atoms with Gasteiger partial charge >= 0.3 is 6.09 Å². The lowest BCUT2D eigenvalue weighted by molar-refractivity contribution is -0.224. The van der Waals surface area contributed by atoms with Gasteiger partial charge in [0.25, 0.3) is 0 Å². The quantitative estimate of drug-likeness (QED) is 0.306. The molecule has 1 aliphatic carbocycles. The van der Waals surface area contributed by atoms with Gasteiger partial charge in [0, 0.05) is 26.1 Å². The molecule has 28 heavy (non-hydrogen) atoms. The smallest absolute Gasteiger partial charge is 0.410 e. The second-order valence-corrected chi connectivity index (χ2v) is 7.69. The number of hydrogen-bond acceptors (Lipinski definition) is 9. The number of ether oxygens (including phenoxy) is 1. The molecule has 1 spiro atoms. The van der Waals surface area contributed by atoms with Crippen molar-refractivity contribution in [3.8, 4) is 0 Å². The molecule has 3 aliphatic rings. The first-order valence-electron chi connectivity index (χ1n) is 9.33. The lowest BCUT2D eigenvalue weighted by Gasteiger charge is -2.42. The Morgan fingerprint density at radius 1 is 1.00 bits per heavy atom. The first-order chi connectivity index (χ1) is 13.1. The van der Waals surface area contributed by atoms with Crippen molar-refractivity contribution in [1.82, 2.24) is 9.80 Å². The molecule has 6 atom stereocenters. The molecule has 158 valence electrons. The van der Waals surface area contributed by atoms with Crippen LogP contribution >= 0.6 is 0 Å².